The van der Waals surface area contributed by atoms with Gasteiger partial charge in [-0.2, -0.15) is 0 Å². The number of anilines is 1. The average Bonchev–Trinajstić information content (AvgIpc) is 3.41. The Bertz CT molecular complexity index is 2300. The summed E-state index contributed by atoms with van der Waals surface area (Å²) in [7, 11) is 1.58. The first-order valence-electron chi connectivity index (χ1n) is 15.6. The number of fused-ring (bicyclic) bond motifs is 1. The minimum absolute atomic E-state index is 0.234. The van der Waals surface area contributed by atoms with Gasteiger partial charge in [-0.1, -0.05) is 69.7 Å². The molecule has 0 saturated heterocycles. The van der Waals surface area contributed by atoms with Crippen LogP contribution in [0.3, 0.4) is 0 Å². The minimum atomic E-state index is -0.761. The number of hydrogen-bond acceptors (Lipinski definition) is 8. The Balaban J connectivity index is 1.41. The van der Waals surface area contributed by atoms with Crippen molar-refractivity contribution in [1.82, 2.24) is 4.57 Å². The van der Waals surface area contributed by atoms with Gasteiger partial charge in [-0.25, -0.2) is 9.79 Å². The number of thiazole rings is 1. The van der Waals surface area contributed by atoms with Gasteiger partial charge in [0, 0.05) is 15.7 Å². The van der Waals surface area contributed by atoms with Crippen LogP contribution >= 0.6 is 49.9 Å². The molecule has 1 aliphatic heterocycles. The van der Waals surface area contributed by atoms with E-state index < -0.39 is 6.04 Å². The van der Waals surface area contributed by atoms with Crippen LogP contribution in [0.25, 0.3) is 6.08 Å². The van der Waals surface area contributed by atoms with E-state index in [0.29, 0.717) is 61.1 Å². The Morgan fingerprint density at radius 3 is 2.52 bits per heavy atom. The van der Waals surface area contributed by atoms with E-state index in [9.17, 15) is 14.4 Å². The van der Waals surface area contributed by atoms with Crippen LogP contribution in [0.1, 0.15) is 46.9 Å². The van der Waals surface area contributed by atoms with Crippen LogP contribution in [0.4, 0.5) is 5.69 Å². The first kappa shape index (κ1) is 35.3. The maximum absolute atomic E-state index is 14.4. The Morgan fingerprint density at radius 1 is 1.04 bits per heavy atom. The molecule has 4 aromatic carbocycles. The number of esters is 1. The Hall–Kier alpha value is -4.53. The number of para-hydroxylation sites is 1. The van der Waals surface area contributed by atoms with Crippen LogP contribution in [-0.2, 0) is 16.1 Å². The fourth-order valence-electron chi connectivity index (χ4n) is 5.55. The number of methoxy groups -OCH3 is 1. The maximum Gasteiger partial charge on any atom is 0.338 e. The molecular weight excluding hydrogens is 833 g/mol. The molecule has 0 bridgehead atoms. The first-order valence-corrected chi connectivity index (χ1v) is 18.3. The van der Waals surface area contributed by atoms with Crippen LogP contribution in [0.15, 0.2) is 117 Å². The first-order chi connectivity index (χ1) is 24.2. The molecule has 0 saturated carbocycles. The van der Waals surface area contributed by atoms with Gasteiger partial charge in [0.15, 0.2) is 4.80 Å². The number of benzene rings is 4. The molecule has 5 aromatic rings. The lowest BCUT2D eigenvalue weighted by Gasteiger charge is -2.25. The zero-order valence-corrected chi connectivity index (χ0v) is 31.8. The zero-order chi connectivity index (χ0) is 35.4. The zero-order valence-electron chi connectivity index (χ0n) is 27.2. The third-order valence-electron chi connectivity index (χ3n) is 7.88. The summed E-state index contributed by atoms with van der Waals surface area (Å²) in [5.41, 5.74) is 3.92. The summed E-state index contributed by atoms with van der Waals surface area (Å²) in [6.45, 7) is 4.09. The molecule has 1 aromatic heterocycles. The molecular formula is C38H31BrIN3O6S. The average molecular weight is 865 g/mol. The second-order valence-corrected chi connectivity index (χ2v) is 14.3. The van der Waals surface area contributed by atoms with E-state index >= 15 is 0 Å². The van der Waals surface area contributed by atoms with Crippen molar-refractivity contribution in [2.24, 2.45) is 4.99 Å². The molecule has 1 amide bonds. The van der Waals surface area contributed by atoms with E-state index in [4.69, 9.17) is 19.2 Å². The van der Waals surface area contributed by atoms with Gasteiger partial charge >= 0.3 is 5.97 Å². The van der Waals surface area contributed by atoms with Gasteiger partial charge in [0.25, 0.3) is 11.5 Å². The van der Waals surface area contributed by atoms with Gasteiger partial charge in [0.2, 0.25) is 0 Å². The predicted molar refractivity (Wildman–Crippen MR) is 205 cm³/mol. The van der Waals surface area contributed by atoms with Crippen molar-refractivity contribution in [1.29, 1.82) is 0 Å². The van der Waals surface area contributed by atoms with E-state index in [-0.39, 0.29) is 24.0 Å². The van der Waals surface area contributed by atoms with E-state index in [2.05, 4.69) is 43.8 Å². The normalized spacial score (nSPS) is 14.1. The third kappa shape index (κ3) is 7.62. The standard InChI is InChI=1S/C38H31BrIN3O6S/c1-4-48-37(46)24-15-13-23(14-16-24)21-49-34-26(17-27(39)20-30(34)40)19-31-36(45)43-33(25-9-8-12-29(18-25)47-3)32(22(2)41-38(43)50-31)35(44)42-28-10-6-5-7-11-28/h5-20,33H,4,21H2,1-3H3,(H,42,44)/b31-19-/t33-/m1/s1. The molecule has 0 fully saturated rings. The molecule has 0 unspecified atom stereocenters. The highest BCUT2D eigenvalue weighted by molar-refractivity contribution is 14.1. The van der Waals surface area contributed by atoms with Crippen LogP contribution in [0.5, 0.6) is 11.5 Å². The topological polar surface area (TPSA) is 108 Å². The molecule has 1 N–H and O–H groups in total. The van der Waals surface area contributed by atoms with E-state index in [1.165, 1.54) is 11.3 Å². The smallest absolute Gasteiger partial charge is 0.338 e. The molecule has 254 valence electrons. The summed E-state index contributed by atoms with van der Waals surface area (Å²) in [5, 5.41) is 2.98. The van der Waals surface area contributed by atoms with E-state index in [0.717, 1.165) is 13.6 Å². The second-order valence-electron chi connectivity index (χ2n) is 11.2. The van der Waals surface area contributed by atoms with Crippen LogP contribution < -0.4 is 29.7 Å². The lowest BCUT2D eigenvalue weighted by molar-refractivity contribution is -0.113. The number of hydrogen-bond donors (Lipinski definition) is 1. The van der Waals surface area contributed by atoms with Gasteiger partial charge < -0.3 is 19.5 Å². The molecule has 0 radical (unpaired) electrons. The van der Waals surface area contributed by atoms with Crippen molar-refractivity contribution in [3.8, 4) is 11.5 Å². The summed E-state index contributed by atoms with van der Waals surface area (Å²) in [6.07, 6.45) is 1.79. The largest absolute Gasteiger partial charge is 0.497 e. The van der Waals surface area contributed by atoms with Crippen LogP contribution in [0.2, 0.25) is 0 Å². The highest BCUT2D eigenvalue weighted by Crippen LogP contribution is 2.34. The summed E-state index contributed by atoms with van der Waals surface area (Å²) < 4.78 is 20.6. The molecule has 9 nitrogen and oxygen atoms in total. The number of carbonyl (C=O) groups is 2. The Labute approximate surface area is 314 Å². The quantitative estimate of drug-likeness (QED) is 0.120. The number of aromatic nitrogens is 1. The number of carbonyl (C=O) groups excluding carboxylic acids is 2. The van der Waals surface area contributed by atoms with E-state index in [1.807, 2.05) is 66.7 Å². The molecule has 1 aliphatic rings. The number of amides is 1. The van der Waals surface area contributed by atoms with Crippen molar-refractivity contribution in [3.63, 3.8) is 0 Å². The van der Waals surface area contributed by atoms with Crippen LogP contribution in [0, 0.1) is 3.57 Å². The molecule has 2 heterocycles. The van der Waals surface area contributed by atoms with Gasteiger partial charge in [-0.15, -0.1) is 0 Å². The van der Waals surface area contributed by atoms with Crippen molar-refractivity contribution in [2.45, 2.75) is 26.5 Å². The Morgan fingerprint density at radius 2 is 1.80 bits per heavy atom. The van der Waals surface area contributed by atoms with Gasteiger partial charge in [0.05, 0.1) is 44.7 Å². The monoisotopic (exact) mass is 863 g/mol. The number of nitrogens with zero attached hydrogens (tertiary/aromatic N) is 2. The number of halogens is 2. The highest BCUT2D eigenvalue weighted by Gasteiger charge is 2.33. The number of rotatable bonds is 10. The predicted octanol–water partition coefficient (Wildman–Crippen LogP) is 7.01. The maximum atomic E-state index is 14.4. The SMILES string of the molecule is CCOC(=O)c1ccc(COc2c(I)cc(Br)cc2/C=c2\sc3n(c2=O)[C@H](c2cccc(OC)c2)C(C(=O)Nc2ccccc2)=C(C)N=3)cc1. The second kappa shape index (κ2) is 15.6. The molecule has 12 heteroatoms. The third-order valence-corrected chi connectivity index (χ3v) is 10.1. The van der Waals surface area contributed by atoms with Crippen molar-refractivity contribution in [2.75, 3.05) is 19.0 Å². The Kier molecular flexibility index (Phi) is 11.0. The fraction of sp³-hybridized carbons (Fsp3) is 0.158. The molecule has 1 atom stereocenters. The van der Waals surface area contributed by atoms with Gasteiger partial charge in [-0.3, -0.25) is 14.2 Å². The van der Waals surface area contributed by atoms with Crippen molar-refractivity contribution < 1.29 is 23.8 Å². The lowest BCUT2D eigenvalue weighted by atomic mass is 9.95. The summed E-state index contributed by atoms with van der Waals surface area (Å²) in [4.78, 5) is 45.6. The fourth-order valence-corrected chi connectivity index (χ4v) is 8.29. The molecule has 0 aliphatic carbocycles. The molecule has 50 heavy (non-hydrogen) atoms. The number of ether oxygens (including phenoxy) is 3. The van der Waals surface area contributed by atoms with Crippen LogP contribution in [-0.4, -0.2) is 30.2 Å². The minimum Gasteiger partial charge on any atom is -0.497 e. The molecule has 6 rings (SSSR count). The van der Waals surface area contributed by atoms with Gasteiger partial charge in [-0.05, 0) is 102 Å². The van der Waals surface area contributed by atoms with Crippen molar-refractivity contribution in [3.05, 3.63) is 152 Å². The number of nitrogens with one attached hydrogen (secondary N) is 1. The van der Waals surface area contributed by atoms with E-state index in [1.54, 1.807) is 55.9 Å². The summed E-state index contributed by atoms with van der Waals surface area (Å²) in [6, 6.07) is 26.7. The summed E-state index contributed by atoms with van der Waals surface area (Å²) in [5.74, 6) is 0.465. The highest BCUT2D eigenvalue weighted by atomic mass is 127. The number of allylic oxidation sites excluding steroid dienone is 1. The summed E-state index contributed by atoms with van der Waals surface area (Å²) >= 11 is 7.04. The molecule has 0 spiro atoms. The lowest BCUT2D eigenvalue weighted by Crippen LogP contribution is -2.40. The van der Waals surface area contributed by atoms with Crippen molar-refractivity contribution >= 4 is 73.5 Å². The van der Waals surface area contributed by atoms with Gasteiger partial charge in [0.1, 0.15) is 18.1 Å².